The fourth-order valence-electron chi connectivity index (χ4n) is 2.42. The summed E-state index contributed by atoms with van der Waals surface area (Å²) in [5.74, 6) is 0.183. The van der Waals surface area contributed by atoms with E-state index in [0.29, 0.717) is 24.5 Å². The number of pyridine rings is 1. The SMILES string of the molecule is CN(CCOc1ccc(F)cc1)C(=O)c1ccnc2ccccc12. The van der Waals surface area contributed by atoms with E-state index in [4.69, 9.17) is 4.74 Å². The van der Waals surface area contributed by atoms with Crippen molar-refractivity contribution in [3.8, 4) is 5.75 Å². The molecule has 1 amide bonds. The highest BCUT2D eigenvalue weighted by molar-refractivity contribution is 6.05. The van der Waals surface area contributed by atoms with Crippen LogP contribution >= 0.6 is 0 Å². The molecule has 0 atom stereocenters. The number of hydrogen-bond donors (Lipinski definition) is 0. The fourth-order valence-corrected chi connectivity index (χ4v) is 2.42. The minimum Gasteiger partial charge on any atom is -0.492 e. The molecule has 24 heavy (non-hydrogen) atoms. The molecule has 4 nitrogen and oxygen atoms in total. The molecule has 0 spiro atoms. The Bertz CT molecular complexity index is 844. The summed E-state index contributed by atoms with van der Waals surface area (Å²) in [6.45, 7) is 0.754. The van der Waals surface area contributed by atoms with Gasteiger partial charge in [0, 0.05) is 18.6 Å². The molecule has 122 valence electrons. The molecule has 1 aromatic heterocycles. The molecule has 0 bridgehead atoms. The topological polar surface area (TPSA) is 42.4 Å². The molecule has 0 fully saturated rings. The number of fused-ring (bicyclic) bond motifs is 1. The Morgan fingerprint density at radius 1 is 1.12 bits per heavy atom. The molecule has 0 aliphatic rings. The Balaban J connectivity index is 1.65. The minimum absolute atomic E-state index is 0.0868. The van der Waals surface area contributed by atoms with Crippen LogP contribution in [-0.2, 0) is 0 Å². The second-order valence-corrected chi connectivity index (χ2v) is 5.40. The molecule has 0 aliphatic heterocycles. The van der Waals surface area contributed by atoms with E-state index in [0.717, 1.165) is 10.9 Å². The van der Waals surface area contributed by atoms with Gasteiger partial charge < -0.3 is 9.64 Å². The van der Waals surface area contributed by atoms with Crippen molar-refractivity contribution in [1.29, 1.82) is 0 Å². The normalized spacial score (nSPS) is 10.6. The number of ether oxygens (including phenoxy) is 1. The first-order valence-corrected chi connectivity index (χ1v) is 7.63. The number of likely N-dealkylation sites (N-methyl/N-ethyl adjacent to an activating group) is 1. The van der Waals surface area contributed by atoms with Crippen molar-refractivity contribution < 1.29 is 13.9 Å². The van der Waals surface area contributed by atoms with E-state index in [2.05, 4.69) is 4.98 Å². The Hall–Kier alpha value is -2.95. The van der Waals surface area contributed by atoms with Gasteiger partial charge in [-0.25, -0.2) is 4.39 Å². The van der Waals surface area contributed by atoms with Crippen LogP contribution in [0.4, 0.5) is 4.39 Å². The number of carbonyl (C=O) groups is 1. The molecular formula is C19H17FN2O2. The van der Waals surface area contributed by atoms with Crippen molar-refractivity contribution in [1.82, 2.24) is 9.88 Å². The van der Waals surface area contributed by atoms with E-state index in [1.165, 1.54) is 12.1 Å². The summed E-state index contributed by atoms with van der Waals surface area (Å²) in [6.07, 6.45) is 1.64. The fraction of sp³-hybridized carbons (Fsp3) is 0.158. The number of aromatic nitrogens is 1. The van der Waals surface area contributed by atoms with Crippen molar-refractivity contribution in [2.45, 2.75) is 0 Å². The monoisotopic (exact) mass is 324 g/mol. The van der Waals surface area contributed by atoms with E-state index in [1.54, 1.807) is 36.3 Å². The number of carbonyl (C=O) groups excluding carboxylic acids is 1. The van der Waals surface area contributed by atoms with Crippen LogP contribution in [0, 0.1) is 5.82 Å². The highest BCUT2D eigenvalue weighted by Gasteiger charge is 2.14. The third-order valence-corrected chi connectivity index (χ3v) is 3.74. The van der Waals surface area contributed by atoms with Crippen LogP contribution < -0.4 is 4.74 Å². The molecule has 0 saturated heterocycles. The first-order chi connectivity index (χ1) is 11.6. The second kappa shape index (κ2) is 7.08. The average molecular weight is 324 g/mol. The third kappa shape index (κ3) is 3.51. The van der Waals surface area contributed by atoms with Crippen LogP contribution in [0.15, 0.2) is 60.8 Å². The molecule has 0 aliphatic carbocycles. The predicted molar refractivity (Wildman–Crippen MR) is 90.6 cm³/mol. The summed E-state index contributed by atoms with van der Waals surface area (Å²) in [4.78, 5) is 18.5. The maximum absolute atomic E-state index is 12.8. The van der Waals surface area contributed by atoms with Crippen LogP contribution in [-0.4, -0.2) is 36.0 Å². The largest absolute Gasteiger partial charge is 0.492 e. The molecular weight excluding hydrogens is 307 g/mol. The summed E-state index contributed by atoms with van der Waals surface area (Å²) in [6, 6.07) is 15.1. The number of halogens is 1. The highest BCUT2D eigenvalue weighted by atomic mass is 19.1. The smallest absolute Gasteiger partial charge is 0.254 e. The zero-order valence-corrected chi connectivity index (χ0v) is 13.3. The highest BCUT2D eigenvalue weighted by Crippen LogP contribution is 2.17. The van der Waals surface area contributed by atoms with Gasteiger partial charge in [0.25, 0.3) is 5.91 Å². The number of benzene rings is 2. The summed E-state index contributed by atoms with van der Waals surface area (Å²) in [5, 5.41) is 0.830. The molecule has 3 aromatic rings. The van der Waals surface area contributed by atoms with Gasteiger partial charge in [0.2, 0.25) is 0 Å². The third-order valence-electron chi connectivity index (χ3n) is 3.74. The van der Waals surface area contributed by atoms with Crippen molar-refractivity contribution in [3.63, 3.8) is 0 Å². The Morgan fingerprint density at radius 2 is 1.88 bits per heavy atom. The summed E-state index contributed by atoms with van der Waals surface area (Å²) >= 11 is 0. The maximum Gasteiger partial charge on any atom is 0.254 e. The minimum atomic E-state index is -0.306. The Morgan fingerprint density at radius 3 is 2.67 bits per heavy atom. The van der Waals surface area contributed by atoms with Gasteiger partial charge in [-0.15, -0.1) is 0 Å². The van der Waals surface area contributed by atoms with E-state index in [-0.39, 0.29) is 11.7 Å². The van der Waals surface area contributed by atoms with Gasteiger partial charge in [0.15, 0.2) is 0 Å². The number of hydrogen-bond acceptors (Lipinski definition) is 3. The van der Waals surface area contributed by atoms with Crippen molar-refractivity contribution >= 4 is 16.8 Å². The molecule has 2 aromatic carbocycles. The van der Waals surface area contributed by atoms with Gasteiger partial charge in [-0.2, -0.15) is 0 Å². The Kier molecular flexibility index (Phi) is 4.70. The number of amides is 1. The molecule has 1 heterocycles. The van der Waals surface area contributed by atoms with Crippen LogP contribution in [0.3, 0.4) is 0 Å². The first kappa shape index (κ1) is 15.9. The number of para-hydroxylation sites is 1. The number of rotatable bonds is 5. The van der Waals surface area contributed by atoms with Gasteiger partial charge >= 0.3 is 0 Å². The number of nitrogens with zero attached hydrogens (tertiary/aromatic N) is 2. The van der Waals surface area contributed by atoms with Crippen LogP contribution in [0.1, 0.15) is 10.4 Å². The Labute approximate surface area is 139 Å². The van der Waals surface area contributed by atoms with Crippen molar-refractivity contribution in [3.05, 3.63) is 72.2 Å². The second-order valence-electron chi connectivity index (χ2n) is 5.40. The zero-order valence-electron chi connectivity index (χ0n) is 13.3. The maximum atomic E-state index is 12.8. The van der Waals surface area contributed by atoms with Crippen LogP contribution in [0.5, 0.6) is 5.75 Å². The molecule has 0 radical (unpaired) electrons. The van der Waals surface area contributed by atoms with Gasteiger partial charge in [0.05, 0.1) is 17.6 Å². The van der Waals surface area contributed by atoms with Crippen LogP contribution in [0.25, 0.3) is 10.9 Å². The lowest BCUT2D eigenvalue weighted by atomic mass is 10.1. The molecule has 3 rings (SSSR count). The van der Waals surface area contributed by atoms with E-state index >= 15 is 0 Å². The molecule has 0 N–H and O–H groups in total. The lowest BCUT2D eigenvalue weighted by Crippen LogP contribution is -2.31. The standard InChI is InChI=1S/C19H17FN2O2/c1-22(12-13-24-15-8-6-14(20)7-9-15)19(23)17-10-11-21-18-5-3-2-4-16(17)18/h2-11H,12-13H2,1H3. The van der Waals surface area contributed by atoms with Gasteiger partial charge in [-0.05, 0) is 36.4 Å². The van der Waals surface area contributed by atoms with Gasteiger partial charge in [-0.1, -0.05) is 18.2 Å². The van der Waals surface area contributed by atoms with E-state index in [9.17, 15) is 9.18 Å². The zero-order chi connectivity index (χ0) is 16.9. The van der Waals surface area contributed by atoms with E-state index in [1.807, 2.05) is 24.3 Å². The van der Waals surface area contributed by atoms with Crippen molar-refractivity contribution in [2.24, 2.45) is 0 Å². The molecule has 0 unspecified atom stereocenters. The summed E-state index contributed by atoms with van der Waals surface area (Å²) in [7, 11) is 1.73. The summed E-state index contributed by atoms with van der Waals surface area (Å²) < 4.78 is 18.4. The quantitative estimate of drug-likeness (QED) is 0.721. The average Bonchev–Trinajstić information content (AvgIpc) is 2.62. The van der Waals surface area contributed by atoms with Gasteiger partial charge in [-0.3, -0.25) is 9.78 Å². The first-order valence-electron chi connectivity index (χ1n) is 7.63. The summed E-state index contributed by atoms with van der Waals surface area (Å²) in [5.41, 5.74) is 1.41. The van der Waals surface area contributed by atoms with Crippen LogP contribution in [0.2, 0.25) is 0 Å². The van der Waals surface area contributed by atoms with E-state index < -0.39 is 0 Å². The molecule has 0 saturated carbocycles. The molecule has 5 heteroatoms. The lowest BCUT2D eigenvalue weighted by Gasteiger charge is -2.18. The van der Waals surface area contributed by atoms with Gasteiger partial charge in [0.1, 0.15) is 18.2 Å². The van der Waals surface area contributed by atoms with Crippen molar-refractivity contribution in [2.75, 3.05) is 20.2 Å². The lowest BCUT2D eigenvalue weighted by molar-refractivity contribution is 0.0775. The predicted octanol–water partition coefficient (Wildman–Crippen LogP) is 3.52.